The molecule has 0 radical (unpaired) electrons. The van der Waals surface area contributed by atoms with Crippen LogP contribution in [0.15, 0.2) is 30.6 Å². The quantitative estimate of drug-likeness (QED) is 0.855. The van der Waals surface area contributed by atoms with E-state index in [-0.39, 0.29) is 12.4 Å². The van der Waals surface area contributed by atoms with Crippen LogP contribution in [0.2, 0.25) is 5.02 Å². The average Bonchev–Trinajstić information content (AvgIpc) is 2.81. The highest BCUT2D eigenvalue weighted by molar-refractivity contribution is 7.80. The summed E-state index contributed by atoms with van der Waals surface area (Å²) in [5, 5.41) is 10.7. The van der Waals surface area contributed by atoms with E-state index in [0.29, 0.717) is 15.7 Å². The van der Waals surface area contributed by atoms with Crippen molar-refractivity contribution in [3.8, 4) is 0 Å². The van der Waals surface area contributed by atoms with Gasteiger partial charge >= 0.3 is 0 Å². The predicted octanol–water partition coefficient (Wildman–Crippen LogP) is 2.64. The second kappa shape index (κ2) is 5.99. The molecule has 2 rings (SSSR count). The van der Waals surface area contributed by atoms with Crippen LogP contribution in [0.4, 0.5) is 10.1 Å². The molecule has 0 fully saturated rings. The topological polar surface area (TPSA) is 41.9 Å². The average molecular weight is 299 g/mol. The van der Waals surface area contributed by atoms with Crippen molar-refractivity contribution >= 4 is 34.6 Å². The van der Waals surface area contributed by atoms with Crippen molar-refractivity contribution in [2.24, 2.45) is 0 Å². The Balaban J connectivity index is 2.14. The Labute approximate surface area is 120 Å². The molecule has 0 saturated heterocycles. The Morgan fingerprint density at radius 2 is 2.32 bits per heavy atom. The van der Waals surface area contributed by atoms with Crippen LogP contribution in [0.3, 0.4) is 0 Å². The molecule has 1 aromatic carbocycles. The number of hydrogen-bond donors (Lipinski definition) is 2. The Morgan fingerprint density at radius 1 is 1.53 bits per heavy atom. The van der Waals surface area contributed by atoms with E-state index >= 15 is 0 Å². The lowest BCUT2D eigenvalue weighted by Gasteiger charge is -2.06. The van der Waals surface area contributed by atoms with E-state index in [4.69, 9.17) is 23.8 Å². The minimum Gasteiger partial charge on any atom is -0.366 e. The minimum absolute atomic E-state index is 0.263. The van der Waals surface area contributed by atoms with Gasteiger partial charge in [-0.05, 0) is 24.4 Å². The van der Waals surface area contributed by atoms with Crippen molar-refractivity contribution in [2.75, 3.05) is 12.4 Å². The molecule has 7 heteroatoms. The van der Waals surface area contributed by atoms with Crippen LogP contribution in [0.1, 0.15) is 5.56 Å². The highest BCUT2D eigenvalue weighted by Crippen LogP contribution is 2.20. The standard InChI is InChI=1S/C12H12ClFN4S/c1-15-12(19)17-8-5-16-18(6-8)7-9-10(13)3-2-4-11(9)14/h2-6H,7H2,1H3,(H2,15,17,19). The molecule has 0 bridgehead atoms. The molecule has 2 N–H and O–H groups in total. The summed E-state index contributed by atoms with van der Waals surface area (Å²) in [6.07, 6.45) is 3.34. The van der Waals surface area contributed by atoms with E-state index in [9.17, 15) is 4.39 Å². The maximum absolute atomic E-state index is 13.6. The van der Waals surface area contributed by atoms with E-state index in [1.54, 1.807) is 36.3 Å². The molecule has 2 aromatic rings. The number of benzene rings is 1. The molecule has 0 aliphatic heterocycles. The van der Waals surface area contributed by atoms with Gasteiger partial charge in [0.25, 0.3) is 0 Å². The van der Waals surface area contributed by atoms with Gasteiger partial charge in [0.15, 0.2) is 5.11 Å². The largest absolute Gasteiger partial charge is 0.366 e. The monoisotopic (exact) mass is 298 g/mol. The molecule has 1 aromatic heterocycles. The zero-order valence-corrected chi connectivity index (χ0v) is 11.7. The lowest BCUT2D eigenvalue weighted by Crippen LogP contribution is -2.23. The number of anilines is 1. The van der Waals surface area contributed by atoms with Gasteiger partial charge in [0.2, 0.25) is 0 Å². The predicted molar refractivity (Wildman–Crippen MR) is 78.0 cm³/mol. The third-order valence-corrected chi connectivity index (χ3v) is 3.16. The van der Waals surface area contributed by atoms with Crippen molar-refractivity contribution in [3.63, 3.8) is 0 Å². The fourth-order valence-electron chi connectivity index (χ4n) is 1.55. The number of aromatic nitrogens is 2. The molecule has 100 valence electrons. The van der Waals surface area contributed by atoms with Gasteiger partial charge in [-0.3, -0.25) is 4.68 Å². The Kier molecular flexibility index (Phi) is 4.34. The summed E-state index contributed by atoms with van der Waals surface area (Å²) in [6.45, 7) is 0.263. The van der Waals surface area contributed by atoms with Gasteiger partial charge < -0.3 is 10.6 Å². The molecule has 19 heavy (non-hydrogen) atoms. The van der Waals surface area contributed by atoms with Crippen molar-refractivity contribution in [3.05, 3.63) is 47.0 Å². The zero-order chi connectivity index (χ0) is 13.8. The first kappa shape index (κ1) is 13.8. The molecule has 0 atom stereocenters. The Morgan fingerprint density at radius 3 is 3.00 bits per heavy atom. The van der Waals surface area contributed by atoms with Crippen LogP contribution in [0, 0.1) is 5.82 Å². The van der Waals surface area contributed by atoms with E-state index in [2.05, 4.69) is 15.7 Å². The van der Waals surface area contributed by atoms with Gasteiger partial charge in [0, 0.05) is 23.8 Å². The summed E-state index contributed by atoms with van der Waals surface area (Å²) in [4.78, 5) is 0. The Hall–Kier alpha value is -1.66. The van der Waals surface area contributed by atoms with Crippen molar-refractivity contribution in [1.29, 1.82) is 0 Å². The van der Waals surface area contributed by atoms with Crippen molar-refractivity contribution < 1.29 is 4.39 Å². The zero-order valence-electron chi connectivity index (χ0n) is 10.2. The van der Waals surface area contributed by atoms with Crippen molar-refractivity contribution in [2.45, 2.75) is 6.54 Å². The van der Waals surface area contributed by atoms with Gasteiger partial charge in [-0.25, -0.2) is 4.39 Å². The van der Waals surface area contributed by atoms with Gasteiger partial charge in [0.1, 0.15) is 5.82 Å². The van der Waals surface area contributed by atoms with Gasteiger partial charge in [-0.15, -0.1) is 0 Å². The second-order valence-electron chi connectivity index (χ2n) is 3.83. The van der Waals surface area contributed by atoms with Gasteiger partial charge in [-0.1, -0.05) is 17.7 Å². The third kappa shape index (κ3) is 3.42. The smallest absolute Gasteiger partial charge is 0.170 e. The lowest BCUT2D eigenvalue weighted by atomic mass is 10.2. The number of nitrogens with one attached hydrogen (secondary N) is 2. The highest BCUT2D eigenvalue weighted by atomic mass is 35.5. The SMILES string of the molecule is CNC(=S)Nc1cnn(Cc2c(F)cccc2Cl)c1. The minimum atomic E-state index is -0.344. The van der Waals surface area contributed by atoms with Gasteiger partial charge in [0.05, 0.1) is 18.4 Å². The molecular formula is C12H12ClFN4S. The number of rotatable bonds is 3. The highest BCUT2D eigenvalue weighted by Gasteiger charge is 2.08. The van der Waals surface area contributed by atoms with E-state index in [1.807, 2.05) is 0 Å². The molecule has 1 heterocycles. The summed E-state index contributed by atoms with van der Waals surface area (Å²) >= 11 is 10.9. The van der Waals surface area contributed by atoms with E-state index in [0.717, 1.165) is 5.69 Å². The van der Waals surface area contributed by atoms with Crippen LogP contribution in [0.25, 0.3) is 0 Å². The molecule has 0 aliphatic carbocycles. The summed E-state index contributed by atoms with van der Waals surface area (Å²) in [5.41, 5.74) is 1.14. The summed E-state index contributed by atoms with van der Waals surface area (Å²) < 4.78 is 15.2. The summed E-state index contributed by atoms with van der Waals surface area (Å²) in [6, 6.07) is 4.60. The molecule has 0 aliphatic rings. The van der Waals surface area contributed by atoms with Crippen LogP contribution in [0.5, 0.6) is 0 Å². The first-order valence-corrected chi connectivity index (χ1v) is 6.33. The maximum Gasteiger partial charge on any atom is 0.170 e. The first-order valence-electron chi connectivity index (χ1n) is 5.54. The fraction of sp³-hybridized carbons (Fsp3) is 0.167. The number of halogens is 2. The lowest BCUT2D eigenvalue weighted by molar-refractivity contribution is 0.585. The molecule has 0 unspecified atom stereocenters. The molecule has 0 spiro atoms. The number of hydrogen-bond acceptors (Lipinski definition) is 2. The van der Waals surface area contributed by atoms with Crippen LogP contribution < -0.4 is 10.6 Å². The molecular weight excluding hydrogens is 287 g/mol. The van der Waals surface area contributed by atoms with Crippen LogP contribution in [-0.2, 0) is 6.54 Å². The van der Waals surface area contributed by atoms with Crippen LogP contribution >= 0.6 is 23.8 Å². The fourth-order valence-corrected chi connectivity index (χ4v) is 1.89. The first-order chi connectivity index (χ1) is 9.10. The van der Waals surface area contributed by atoms with Crippen LogP contribution in [-0.4, -0.2) is 21.9 Å². The van der Waals surface area contributed by atoms with E-state index in [1.165, 1.54) is 6.07 Å². The van der Waals surface area contributed by atoms with E-state index < -0.39 is 0 Å². The third-order valence-electron chi connectivity index (χ3n) is 2.50. The number of thiocarbonyl (C=S) groups is 1. The normalized spacial score (nSPS) is 10.3. The van der Waals surface area contributed by atoms with Gasteiger partial charge in [-0.2, -0.15) is 5.10 Å². The molecule has 0 saturated carbocycles. The van der Waals surface area contributed by atoms with Crippen molar-refractivity contribution in [1.82, 2.24) is 15.1 Å². The Bertz CT molecular complexity index is 579. The second-order valence-corrected chi connectivity index (χ2v) is 4.65. The maximum atomic E-state index is 13.6. The summed E-state index contributed by atoms with van der Waals surface area (Å²) in [7, 11) is 1.72. The molecule has 0 amide bonds. The number of nitrogens with zero attached hydrogens (tertiary/aromatic N) is 2. The molecule has 4 nitrogen and oxygen atoms in total. The summed E-state index contributed by atoms with van der Waals surface area (Å²) in [5.74, 6) is -0.344.